The molecule has 0 aliphatic rings. The van der Waals surface area contributed by atoms with Crippen molar-refractivity contribution >= 4 is 45.7 Å². The molecule has 0 unspecified atom stereocenters. The topological polar surface area (TPSA) is 22.1 Å². The zero-order valence-corrected chi connectivity index (χ0v) is 18.6. The predicted molar refractivity (Wildman–Crippen MR) is 134 cm³/mol. The lowest BCUT2D eigenvalue weighted by atomic mass is 9.94. The predicted octanol–water partition coefficient (Wildman–Crippen LogP) is 8.20. The van der Waals surface area contributed by atoms with Gasteiger partial charge in [0, 0.05) is 16.0 Å². The van der Waals surface area contributed by atoms with Crippen LogP contribution >= 0.6 is 24.0 Å². The molecule has 4 aromatic carbocycles. The fourth-order valence-electron chi connectivity index (χ4n) is 3.90. The minimum absolute atomic E-state index is 0. The zero-order valence-electron chi connectivity index (χ0n) is 17.0. The molecule has 1 aromatic heterocycles. The van der Waals surface area contributed by atoms with Crippen molar-refractivity contribution in [1.82, 2.24) is 4.98 Å². The van der Waals surface area contributed by atoms with E-state index in [2.05, 4.69) is 66.7 Å². The third kappa shape index (κ3) is 4.10. The van der Waals surface area contributed by atoms with Crippen molar-refractivity contribution in [3.05, 3.63) is 96.0 Å². The van der Waals surface area contributed by atoms with Crippen LogP contribution in [-0.2, 0) is 0 Å². The Hall–Kier alpha value is -3.07. The van der Waals surface area contributed by atoms with E-state index in [-0.39, 0.29) is 12.4 Å². The Morgan fingerprint density at radius 3 is 2.26 bits per heavy atom. The molecule has 0 radical (unpaired) electrons. The van der Waals surface area contributed by atoms with Crippen molar-refractivity contribution in [2.45, 2.75) is 6.92 Å². The first-order chi connectivity index (χ1) is 14.7. The minimum atomic E-state index is 0. The number of ether oxygens (including phenoxy) is 1. The van der Waals surface area contributed by atoms with Crippen LogP contribution in [0.4, 0.5) is 0 Å². The van der Waals surface area contributed by atoms with Crippen LogP contribution in [0.2, 0.25) is 5.02 Å². The van der Waals surface area contributed by atoms with Crippen LogP contribution in [0.3, 0.4) is 0 Å². The van der Waals surface area contributed by atoms with Gasteiger partial charge < -0.3 is 4.74 Å². The van der Waals surface area contributed by atoms with E-state index in [1.54, 1.807) is 0 Å². The third-order valence-electron chi connectivity index (χ3n) is 5.31. The second kappa shape index (κ2) is 8.97. The Balaban J connectivity index is 0.00000231. The number of hydrogen-bond donors (Lipinski definition) is 0. The van der Waals surface area contributed by atoms with Crippen LogP contribution in [0.1, 0.15) is 6.92 Å². The first kappa shape index (κ1) is 21.2. The minimum Gasteiger partial charge on any atom is -0.494 e. The van der Waals surface area contributed by atoms with Crippen LogP contribution in [0.15, 0.2) is 91.0 Å². The average Bonchev–Trinajstić information content (AvgIpc) is 2.79. The second-order valence-electron chi connectivity index (χ2n) is 7.20. The summed E-state index contributed by atoms with van der Waals surface area (Å²) in [6.07, 6.45) is 0. The maximum absolute atomic E-state index is 6.16. The molecular formula is C27H21Cl2NO. The molecule has 0 atom stereocenters. The molecule has 0 amide bonds. The van der Waals surface area contributed by atoms with Gasteiger partial charge in [0.15, 0.2) is 0 Å². The number of aromatic nitrogens is 1. The maximum atomic E-state index is 6.16. The second-order valence-corrected chi connectivity index (χ2v) is 7.64. The molecule has 1 heterocycles. The van der Waals surface area contributed by atoms with Gasteiger partial charge in [0.2, 0.25) is 0 Å². The molecule has 5 rings (SSSR count). The van der Waals surface area contributed by atoms with Gasteiger partial charge in [-0.3, -0.25) is 0 Å². The van der Waals surface area contributed by atoms with Gasteiger partial charge in [-0.1, -0.05) is 54.1 Å². The Morgan fingerprint density at radius 1 is 0.806 bits per heavy atom. The number of benzene rings is 4. The quantitative estimate of drug-likeness (QED) is 0.260. The van der Waals surface area contributed by atoms with Gasteiger partial charge in [-0.2, -0.15) is 0 Å². The van der Waals surface area contributed by atoms with Crippen molar-refractivity contribution < 1.29 is 4.74 Å². The van der Waals surface area contributed by atoms with Crippen molar-refractivity contribution in [3.8, 4) is 28.1 Å². The summed E-state index contributed by atoms with van der Waals surface area (Å²) in [4.78, 5) is 5.01. The summed E-state index contributed by atoms with van der Waals surface area (Å²) in [5, 5.41) is 4.29. The number of halogens is 2. The number of nitrogens with zero attached hydrogens (tertiary/aromatic N) is 1. The Kier molecular flexibility index (Phi) is 6.13. The molecular weight excluding hydrogens is 425 g/mol. The van der Waals surface area contributed by atoms with Crippen LogP contribution in [0.25, 0.3) is 44.1 Å². The third-order valence-corrected chi connectivity index (χ3v) is 5.57. The molecule has 0 aliphatic heterocycles. The molecule has 0 bridgehead atoms. The van der Waals surface area contributed by atoms with Gasteiger partial charge in [-0.25, -0.2) is 4.98 Å². The van der Waals surface area contributed by atoms with Crippen molar-refractivity contribution in [1.29, 1.82) is 0 Å². The van der Waals surface area contributed by atoms with Gasteiger partial charge in [-0.15, -0.1) is 12.4 Å². The first-order valence-electron chi connectivity index (χ1n) is 10.0. The van der Waals surface area contributed by atoms with E-state index in [1.807, 2.05) is 31.2 Å². The van der Waals surface area contributed by atoms with Gasteiger partial charge in [0.25, 0.3) is 0 Å². The van der Waals surface area contributed by atoms with Crippen molar-refractivity contribution in [2.24, 2.45) is 0 Å². The molecule has 0 fully saturated rings. The highest BCUT2D eigenvalue weighted by molar-refractivity contribution is 6.30. The van der Waals surface area contributed by atoms with E-state index in [0.29, 0.717) is 6.61 Å². The Morgan fingerprint density at radius 2 is 1.52 bits per heavy atom. The lowest BCUT2D eigenvalue weighted by molar-refractivity contribution is 0.340. The molecule has 0 saturated carbocycles. The zero-order chi connectivity index (χ0) is 20.5. The van der Waals surface area contributed by atoms with E-state index in [9.17, 15) is 0 Å². The van der Waals surface area contributed by atoms with Gasteiger partial charge in [0.05, 0.1) is 17.8 Å². The van der Waals surface area contributed by atoms with E-state index in [0.717, 1.165) is 44.1 Å². The first-order valence-corrected chi connectivity index (χ1v) is 10.4. The van der Waals surface area contributed by atoms with E-state index in [4.69, 9.17) is 21.3 Å². The molecule has 154 valence electrons. The molecule has 0 N–H and O–H groups in total. The number of fused-ring (bicyclic) bond motifs is 3. The summed E-state index contributed by atoms with van der Waals surface area (Å²) in [5.41, 5.74) is 5.24. The summed E-state index contributed by atoms with van der Waals surface area (Å²) in [7, 11) is 0. The normalized spacial score (nSPS) is 10.8. The molecule has 0 saturated heterocycles. The van der Waals surface area contributed by atoms with Crippen molar-refractivity contribution in [3.63, 3.8) is 0 Å². The molecule has 4 heteroatoms. The smallest absolute Gasteiger partial charge is 0.119 e. The van der Waals surface area contributed by atoms with E-state index in [1.165, 1.54) is 10.8 Å². The monoisotopic (exact) mass is 445 g/mol. The highest BCUT2D eigenvalue weighted by atomic mass is 35.5. The highest BCUT2D eigenvalue weighted by Gasteiger charge is 2.13. The molecule has 0 aliphatic carbocycles. The average molecular weight is 446 g/mol. The van der Waals surface area contributed by atoms with Gasteiger partial charge in [-0.05, 0) is 77.4 Å². The largest absolute Gasteiger partial charge is 0.494 e. The van der Waals surface area contributed by atoms with Crippen LogP contribution < -0.4 is 4.74 Å². The standard InChI is InChI=1S/C27H20ClNO.ClH/c1-2-30-22-14-9-20(10-15-22)26-17-24(19-7-12-21(28)13-8-19)27-23-6-4-3-5-18(23)11-16-25(27)29-26;/h3-17H,2H2,1H3;1H. The highest BCUT2D eigenvalue weighted by Crippen LogP contribution is 2.37. The summed E-state index contributed by atoms with van der Waals surface area (Å²) in [5.74, 6) is 0.867. The SMILES string of the molecule is CCOc1ccc(-c2cc(-c3ccc(Cl)cc3)c3c(ccc4ccccc43)n2)cc1.Cl. The summed E-state index contributed by atoms with van der Waals surface area (Å²) >= 11 is 6.16. The number of pyridine rings is 1. The number of hydrogen-bond acceptors (Lipinski definition) is 2. The molecule has 0 spiro atoms. The molecule has 5 aromatic rings. The van der Waals surface area contributed by atoms with Gasteiger partial charge >= 0.3 is 0 Å². The maximum Gasteiger partial charge on any atom is 0.119 e. The summed E-state index contributed by atoms with van der Waals surface area (Å²) in [6, 6.07) is 31.0. The van der Waals surface area contributed by atoms with Crippen molar-refractivity contribution in [2.75, 3.05) is 6.61 Å². The molecule has 2 nitrogen and oxygen atoms in total. The fourth-order valence-corrected chi connectivity index (χ4v) is 4.03. The van der Waals surface area contributed by atoms with Crippen LogP contribution in [0, 0.1) is 0 Å². The summed E-state index contributed by atoms with van der Waals surface area (Å²) < 4.78 is 5.59. The lowest BCUT2D eigenvalue weighted by Gasteiger charge is -2.13. The number of rotatable bonds is 4. The molecule has 31 heavy (non-hydrogen) atoms. The van der Waals surface area contributed by atoms with Crippen LogP contribution in [-0.4, -0.2) is 11.6 Å². The summed E-state index contributed by atoms with van der Waals surface area (Å²) in [6.45, 7) is 2.64. The Labute approximate surface area is 192 Å². The van der Waals surface area contributed by atoms with Crippen LogP contribution in [0.5, 0.6) is 5.75 Å². The van der Waals surface area contributed by atoms with Gasteiger partial charge in [0.1, 0.15) is 5.75 Å². The van der Waals surface area contributed by atoms with E-state index >= 15 is 0 Å². The fraction of sp³-hybridized carbons (Fsp3) is 0.0741. The Bertz CT molecular complexity index is 1350. The van der Waals surface area contributed by atoms with E-state index < -0.39 is 0 Å². The lowest BCUT2D eigenvalue weighted by Crippen LogP contribution is -1.93.